The van der Waals surface area contributed by atoms with Crippen LogP contribution in [0.25, 0.3) is 0 Å². The summed E-state index contributed by atoms with van der Waals surface area (Å²) in [5.74, 6) is -0.215. The first-order chi connectivity index (χ1) is 13.5. The molecule has 0 aliphatic carbocycles. The number of hydrogen-bond acceptors (Lipinski definition) is 4. The lowest BCUT2D eigenvalue weighted by Gasteiger charge is -2.26. The first kappa shape index (κ1) is 20.9. The summed E-state index contributed by atoms with van der Waals surface area (Å²) in [4.78, 5) is 2.57. The summed E-state index contributed by atoms with van der Waals surface area (Å²) in [5, 5.41) is 0. The van der Waals surface area contributed by atoms with E-state index in [2.05, 4.69) is 9.62 Å². The van der Waals surface area contributed by atoms with E-state index in [-0.39, 0.29) is 22.8 Å². The van der Waals surface area contributed by atoms with Crippen molar-refractivity contribution < 1.29 is 12.8 Å². The van der Waals surface area contributed by atoms with E-state index >= 15 is 0 Å². The van der Waals surface area contributed by atoms with Gasteiger partial charge in [0.1, 0.15) is 5.82 Å². The van der Waals surface area contributed by atoms with E-state index < -0.39 is 10.0 Å². The van der Waals surface area contributed by atoms with Crippen molar-refractivity contribution >= 4 is 10.0 Å². The van der Waals surface area contributed by atoms with Gasteiger partial charge in [0.05, 0.1) is 4.90 Å². The fourth-order valence-corrected chi connectivity index (χ4v) is 4.78. The maximum atomic E-state index is 13.8. The number of halogens is 1. The van der Waals surface area contributed by atoms with Gasteiger partial charge in [-0.25, -0.2) is 17.5 Å². The summed E-state index contributed by atoms with van der Waals surface area (Å²) >= 11 is 0. The Morgan fingerprint density at radius 1 is 1.14 bits per heavy atom. The monoisotopic (exact) mass is 405 g/mol. The number of sulfonamides is 1. The van der Waals surface area contributed by atoms with Crippen LogP contribution in [0, 0.1) is 5.82 Å². The van der Waals surface area contributed by atoms with Crippen LogP contribution in [0.15, 0.2) is 59.5 Å². The van der Waals surface area contributed by atoms with Crippen molar-refractivity contribution in [3.63, 3.8) is 0 Å². The number of rotatable bonds is 9. The molecule has 3 rings (SSSR count). The van der Waals surface area contributed by atoms with Gasteiger partial charge in [0.25, 0.3) is 0 Å². The van der Waals surface area contributed by atoms with Crippen LogP contribution >= 0.6 is 0 Å². The number of nitrogens with two attached hydrogens (primary N) is 1. The van der Waals surface area contributed by atoms with E-state index in [1.54, 1.807) is 42.5 Å². The topological polar surface area (TPSA) is 75.4 Å². The van der Waals surface area contributed by atoms with Crippen LogP contribution in [0.4, 0.5) is 4.39 Å². The number of hydrogen-bond donors (Lipinski definition) is 2. The molecule has 2 aromatic carbocycles. The van der Waals surface area contributed by atoms with E-state index in [1.807, 2.05) is 6.07 Å². The Morgan fingerprint density at radius 2 is 1.86 bits per heavy atom. The molecule has 0 amide bonds. The van der Waals surface area contributed by atoms with Gasteiger partial charge < -0.3 is 5.73 Å². The second kappa shape index (κ2) is 9.60. The first-order valence-corrected chi connectivity index (χ1v) is 11.2. The van der Waals surface area contributed by atoms with Gasteiger partial charge in [-0.3, -0.25) is 4.90 Å². The fourth-order valence-electron chi connectivity index (χ4n) is 3.69. The zero-order valence-corrected chi connectivity index (χ0v) is 16.7. The molecule has 1 heterocycles. The third-order valence-corrected chi connectivity index (χ3v) is 6.73. The van der Waals surface area contributed by atoms with Gasteiger partial charge in [-0.15, -0.1) is 0 Å². The molecule has 28 heavy (non-hydrogen) atoms. The highest BCUT2D eigenvalue weighted by Crippen LogP contribution is 2.19. The van der Waals surface area contributed by atoms with Crippen LogP contribution in [-0.4, -0.2) is 45.0 Å². The van der Waals surface area contributed by atoms with Gasteiger partial charge in [-0.05, 0) is 62.5 Å². The number of likely N-dealkylation sites (tertiary alicyclic amines) is 1. The fraction of sp³-hybridized carbons (Fsp3) is 0.429. The second-order valence-electron chi connectivity index (χ2n) is 7.34. The molecular weight excluding hydrogens is 377 g/mol. The molecule has 0 spiro atoms. The van der Waals surface area contributed by atoms with Crippen LogP contribution in [0.3, 0.4) is 0 Å². The summed E-state index contributed by atoms with van der Waals surface area (Å²) in [6, 6.07) is 15.2. The average molecular weight is 406 g/mol. The van der Waals surface area contributed by atoms with Crippen LogP contribution in [0.1, 0.15) is 24.8 Å². The molecule has 1 aliphatic heterocycles. The molecule has 7 heteroatoms. The smallest absolute Gasteiger partial charge is 0.240 e. The normalized spacial score (nSPS) is 19.0. The van der Waals surface area contributed by atoms with Gasteiger partial charge >= 0.3 is 0 Å². The Hall–Kier alpha value is -1.80. The quantitative estimate of drug-likeness (QED) is 0.672. The lowest BCUT2D eigenvalue weighted by atomic mass is 10.0. The molecule has 2 aromatic rings. The molecule has 1 saturated heterocycles. The Morgan fingerprint density at radius 3 is 2.61 bits per heavy atom. The van der Waals surface area contributed by atoms with Crippen molar-refractivity contribution in [2.75, 3.05) is 19.6 Å². The minimum atomic E-state index is -3.49. The van der Waals surface area contributed by atoms with Crippen molar-refractivity contribution in [3.05, 3.63) is 66.0 Å². The number of nitrogens with zero attached hydrogens (tertiary/aromatic N) is 1. The maximum absolute atomic E-state index is 13.8. The molecule has 0 bridgehead atoms. The average Bonchev–Trinajstić information content (AvgIpc) is 3.15. The summed E-state index contributed by atoms with van der Waals surface area (Å²) < 4.78 is 41.3. The molecule has 3 N–H and O–H groups in total. The third kappa shape index (κ3) is 5.61. The van der Waals surface area contributed by atoms with Crippen molar-refractivity contribution in [1.82, 2.24) is 9.62 Å². The lowest BCUT2D eigenvalue weighted by molar-refractivity contribution is 0.244. The van der Waals surface area contributed by atoms with Crippen molar-refractivity contribution in [3.8, 4) is 0 Å². The Bertz CT molecular complexity index is 861. The molecule has 1 fully saturated rings. The predicted octanol–water partition coefficient (Wildman–Crippen LogP) is 2.53. The Labute approximate surface area is 166 Å². The summed E-state index contributed by atoms with van der Waals surface area (Å²) in [5.41, 5.74) is 6.85. The molecular formula is C21H28FN3O2S. The zero-order valence-electron chi connectivity index (χ0n) is 15.9. The highest BCUT2D eigenvalue weighted by atomic mass is 32.2. The van der Waals surface area contributed by atoms with Gasteiger partial charge in [0, 0.05) is 18.6 Å². The minimum Gasteiger partial charge on any atom is -0.327 e. The van der Waals surface area contributed by atoms with E-state index in [1.165, 1.54) is 6.07 Å². The Kier molecular flexibility index (Phi) is 7.18. The molecule has 0 radical (unpaired) electrons. The Balaban J connectivity index is 1.49. The summed E-state index contributed by atoms with van der Waals surface area (Å²) in [6.45, 7) is 2.11. The third-order valence-electron chi connectivity index (χ3n) is 5.29. The van der Waals surface area contributed by atoms with Gasteiger partial charge in [0.15, 0.2) is 0 Å². The van der Waals surface area contributed by atoms with Gasteiger partial charge in [-0.1, -0.05) is 36.4 Å². The molecule has 0 unspecified atom stereocenters. The largest absolute Gasteiger partial charge is 0.327 e. The van der Waals surface area contributed by atoms with E-state index in [4.69, 9.17) is 5.73 Å². The van der Waals surface area contributed by atoms with Crippen molar-refractivity contribution in [1.29, 1.82) is 0 Å². The van der Waals surface area contributed by atoms with E-state index in [0.29, 0.717) is 18.5 Å². The van der Waals surface area contributed by atoms with E-state index in [0.717, 1.165) is 32.4 Å². The lowest BCUT2D eigenvalue weighted by Crippen LogP contribution is -2.41. The van der Waals surface area contributed by atoms with Crippen LogP contribution in [0.5, 0.6) is 0 Å². The summed E-state index contributed by atoms with van der Waals surface area (Å²) in [7, 11) is -3.49. The maximum Gasteiger partial charge on any atom is 0.240 e. The van der Waals surface area contributed by atoms with Crippen molar-refractivity contribution in [2.45, 2.75) is 42.7 Å². The molecule has 0 aromatic heterocycles. The van der Waals surface area contributed by atoms with Crippen LogP contribution < -0.4 is 10.5 Å². The van der Waals surface area contributed by atoms with Gasteiger partial charge in [0.2, 0.25) is 10.0 Å². The number of benzene rings is 2. The number of nitrogens with one attached hydrogen (secondary N) is 1. The minimum absolute atomic E-state index is 0.126. The molecule has 152 valence electrons. The molecule has 5 nitrogen and oxygen atoms in total. The highest BCUT2D eigenvalue weighted by Gasteiger charge is 2.26. The molecule has 2 atom stereocenters. The summed E-state index contributed by atoms with van der Waals surface area (Å²) in [6.07, 6.45) is 3.25. The predicted molar refractivity (Wildman–Crippen MR) is 109 cm³/mol. The second-order valence-corrected chi connectivity index (χ2v) is 9.11. The van der Waals surface area contributed by atoms with E-state index in [9.17, 15) is 12.8 Å². The molecule has 1 aliphatic rings. The molecule has 0 saturated carbocycles. The SMILES string of the molecule is N[C@@H](CCN1CCC[C@H]1CNS(=O)(=O)c1ccccc1)Cc1ccccc1F. The van der Waals surface area contributed by atoms with Crippen molar-refractivity contribution in [2.24, 2.45) is 5.73 Å². The van der Waals surface area contributed by atoms with Crippen LogP contribution in [0.2, 0.25) is 0 Å². The standard InChI is InChI=1S/C21H28FN3O2S/c22-21-11-5-4-7-17(21)15-18(23)12-14-25-13-6-8-19(25)16-24-28(26,27)20-9-2-1-3-10-20/h1-5,7,9-11,18-19,24H,6,8,12-16,23H2/t18-,19-/m0/s1. The van der Waals surface area contributed by atoms with Gasteiger partial charge in [-0.2, -0.15) is 0 Å². The first-order valence-electron chi connectivity index (χ1n) is 9.73. The van der Waals surface area contributed by atoms with Crippen LogP contribution in [-0.2, 0) is 16.4 Å². The highest BCUT2D eigenvalue weighted by molar-refractivity contribution is 7.89. The zero-order chi connectivity index (χ0) is 20.0.